The number of ether oxygens (including phenoxy) is 3. The summed E-state index contributed by atoms with van der Waals surface area (Å²) in [5.74, 6) is 2.36. The van der Waals surface area contributed by atoms with Crippen LogP contribution in [-0.4, -0.2) is 43.3 Å². The maximum atomic E-state index is 13.7. The van der Waals surface area contributed by atoms with Crippen molar-refractivity contribution in [3.8, 4) is 34.4 Å². The van der Waals surface area contributed by atoms with Crippen LogP contribution in [0.5, 0.6) is 23.1 Å². The van der Waals surface area contributed by atoms with Crippen molar-refractivity contribution in [1.29, 1.82) is 0 Å². The third-order valence-corrected chi connectivity index (χ3v) is 7.77. The van der Waals surface area contributed by atoms with Crippen LogP contribution in [0, 0.1) is 0 Å². The van der Waals surface area contributed by atoms with Gasteiger partial charge in [0.2, 0.25) is 15.9 Å². The molecule has 0 saturated carbocycles. The number of hydrogen-bond acceptors (Lipinski definition) is 6. The fraction of sp³-hybridized carbons (Fsp3) is 0.250. The molecule has 0 aliphatic heterocycles. The lowest BCUT2D eigenvalue weighted by Gasteiger charge is -2.22. The number of aromatic nitrogens is 2. The number of benzene rings is 3. The molecule has 1 aromatic heterocycles. The van der Waals surface area contributed by atoms with E-state index < -0.39 is 10.0 Å². The lowest BCUT2D eigenvalue weighted by atomic mass is 10.1. The molecule has 4 rings (SSSR count). The summed E-state index contributed by atoms with van der Waals surface area (Å²) < 4.78 is 47.3. The summed E-state index contributed by atoms with van der Waals surface area (Å²) in [6, 6.07) is 23.3. The van der Waals surface area contributed by atoms with Crippen LogP contribution in [0.15, 0.2) is 83.8 Å². The van der Waals surface area contributed by atoms with Gasteiger partial charge in [0, 0.05) is 25.7 Å². The maximum Gasteiger partial charge on any atom is 0.243 e. The largest absolute Gasteiger partial charge is 0.497 e. The molecule has 194 valence electrons. The number of hydrogen-bond donors (Lipinski definition) is 0. The second kappa shape index (κ2) is 11.5. The Morgan fingerprint density at radius 2 is 1.41 bits per heavy atom. The highest BCUT2D eigenvalue weighted by atomic mass is 32.2. The highest BCUT2D eigenvalue weighted by Gasteiger charge is 2.29. The Bertz CT molecular complexity index is 1420. The van der Waals surface area contributed by atoms with Crippen LogP contribution in [0.2, 0.25) is 0 Å². The molecule has 8 nitrogen and oxygen atoms in total. The fourth-order valence-electron chi connectivity index (χ4n) is 4.01. The Morgan fingerprint density at radius 3 is 1.97 bits per heavy atom. The zero-order chi connectivity index (χ0) is 26.4. The van der Waals surface area contributed by atoms with Gasteiger partial charge in [0.15, 0.2) is 0 Å². The Labute approximate surface area is 218 Å². The minimum Gasteiger partial charge on any atom is -0.497 e. The van der Waals surface area contributed by atoms with E-state index >= 15 is 0 Å². The molecule has 0 saturated heterocycles. The van der Waals surface area contributed by atoms with E-state index in [-0.39, 0.29) is 11.4 Å². The molecule has 0 aliphatic rings. The Morgan fingerprint density at radius 1 is 0.838 bits per heavy atom. The molecule has 37 heavy (non-hydrogen) atoms. The van der Waals surface area contributed by atoms with Crippen molar-refractivity contribution >= 4 is 10.0 Å². The van der Waals surface area contributed by atoms with Crippen LogP contribution >= 0.6 is 0 Å². The summed E-state index contributed by atoms with van der Waals surface area (Å²) in [5.41, 5.74) is 2.21. The van der Waals surface area contributed by atoms with Crippen molar-refractivity contribution in [2.24, 2.45) is 7.05 Å². The molecule has 0 spiro atoms. The minimum absolute atomic E-state index is 0.0890. The van der Waals surface area contributed by atoms with Gasteiger partial charge in [-0.1, -0.05) is 37.3 Å². The Balaban J connectivity index is 1.78. The first-order valence-electron chi connectivity index (χ1n) is 11.9. The van der Waals surface area contributed by atoms with Crippen molar-refractivity contribution in [1.82, 2.24) is 14.1 Å². The average Bonchev–Trinajstić information content (AvgIpc) is 3.23. The van der Waals surface area contributed by atoms with Crippen LogP contribution < -0.4 is 14.2 Å². The van der Waals surface area contributed by atoms with E-state index in [0.29, 0.717) is 47.4 Å². The van der Waals surface area contributed by atoms with Crippen LogP contribution in [0.1, 0.15) is 18.9 Å². The smallest absolute Gasteiger partial charge is 0.243 e. The molecule has 3 aromatic carbocycles. The number of aryl methyl sites for hydroxylation is 1. The summed E-state index contributed by atoms with van der Waals surface area (Å²) in [6.45, 7) is 2.37. The van der Waals surface area contributed by atoms with E-state index in [9.17, 15) is 8.42 Å². The molecule has 0 aliphatic carbocycles. The van der Waals surface area contributed by atoms with E-state index in [2.05, 4.69) is 0 Å². The molecule has 0 atom stereocenters. The minimum atomic E-state index is -3.81. The summed E-state index contributed by atoms with van der Waals surface area (Å²) in [6.07, 6.45) is 0.644. The predicted molar refractivity (Wildman–Crippen MR) is 143 cm³/mol. The number of nitrogens with zero attached hydrogens (tertiary/aromatic N) is 3. The second-order valence-corrected chi connectivity index (χ2v) is 10.4. The van der Waals surface area contributed by atoms with Gasteiger partial charge in [-0.25, -0.2) is 13.1 Å². The lowest BCUT2D eigenvalue weighted by molar-refractivity contribution is 0.385. The van der Waals surface area contributed by atoms with Crippen molar-refractivity contribution in [2.75, 3.05) is 20.8 Å². The first-order valence-corrected chi connectivity index (χ1v) is 13.4. The van der Waals surface area contributed by atoms with Crippen LogP contribution in [0.4, 0.5) is 0 Å². The third kappa shape index (κ3) is 5.79. The van der Waals surface area contributed by atoms with E-state index in [1.165, 1.54) is 4.31 Å². The van der Waals surface area contributed by atoms with Crippen LogP contribution in [-0.2, 0) is 23.6 Å². The zero-order valence-electron chi connectivity index (χ0n) is 21.4. The van der Waals surface area contributed by atoms with Gasteiger partial charge in [0.25, 0.3) is 0 Å². The first-order chi connectivity index (χ1) is 17.9. The summed E-state index contributed by atoms with van der Waals surface area (Å²) >= 11 is 0. The van der Waals surface area contributed by atoms with Crippen molar-refractivity contribution < 1.29 is 22.6 Å². The molecule has 0 unspecified atom stereocenters. The number of rotatable bonds is 11. The topological polar surface area (TPSA) is 82.9 Å². The van der Waals surface area contributed by atoms with Gasteiger partial charge >= 0.3 is 0 Å². The third-order valence-electron chi connectivity index (χ3n) is 5.91. The average molecular weight is 522 g/mol. The van der Waals surface area contributed by atoms with E-state index in [1.807, 2.05) is 37.3 Å². The van der Waals surface area contributed by atoms with Crippen LogP contribution in [0.25, 0.3) is 11.3 Å². The van der Waals surface area contributed by atoms with Gasteiger partial charge in [-0.15, -0.1) is 0 Å². The van der Waals surface area contributed by atoms with Gasteiger partial charge < -0.3 is 14.2 Å². The lowest BCUT2D eigenvalue weighted by Crippen LogP contribution is -2.31. The highest BCUT2D eigenvalue weighted by Crippen LogP contribution is 2.35. The Hall–Kier alpha value is -3.82. The van der Waals surface area contributed by atoms with Gasteiger partial charge in [0.1, 0.15) is 22.9 Å². The van der Waals surface area contributed by atoms with Gasteiger partial charge in [-0.3, -0.25) is 0 Å². The molecule has 0 N–H and O–H groups in total. The quantitative estimate of drug-likeness (QED) is 0.259. The highest BCUT2D eigenvalue weighted by molar-refractivity contribution is 7.89. The molecule has 9 heteroatoms. The molecular weight excluding hydrogens is 490 g/mol. The van der Waals surface area contributed by atoms with Gasteiger partial charge in [0.05, 0.1) is 24.7 Å². The molecule has 4 aromatic rings. The number of sulfonamides is 1. The van der Waals surface area contributed by atoms with E-state index in [0.717, 1.165) is 5.56 Å². The molecular formula is C28H31N3O5S. The molecule has 0 fully saturated rings. The monoisotopic (exact) mass is 521 g/mol. The normalized spacial score (nSPS) is 11.5. The second-order valence-electron chi connectivity index (χ2n) is 8.41. The summed E-state index contributed by atoms with van der Waals surface area (Å²) in [7, 11) is 1.13. The Kier molecular flexibility index (Phi) is 8.15. The van der Waals surface area contributed by atoms with Gasteiger partial charge in [-0.05, 0) is 55.0 Å². The van der Waals surface area contributed by atoms with E-state index in [4.69, 9.17) is 19.3 Å². The zero-order valence-corrected chi connectivity index (χ0v) is 22.2. The molecule has 1 heterocycles. The van der Waals surface area contributed by atoms with Crippen molar-refractivity contribution in [2.45, 2.75) is 24.8 Å². The maximum absolute atomic E-state index is 13.7. The standard InChI is InChI=1S/C28H31N3O5S/c1-5-19-31(37(32,33)25-17-15-23(35-4)16-18-25)20-26-27(21-9-7-6-8-10-21)29-30(2)28(26)36-24-13-11-22(34-3)12-14-24/h6-18H,5,19-20H2,1-4H3. The predicted octanol–water partition coefficient (Wildman–Crippen LogP) is 5.50. The van der Waals surface area contributed by atoms with E-state index in [1.54, 1.807) is 74.5 Å². The first kappa shape index (κ1) is 26.2. The van der Waals surface area contributed by atoms with Crippen molar-refractivity contribution in [3.63, 3.8) is 0 Å². The van der Waals surface area contributed by atoms with Crippen LogP contribution in [0.3, 0.4) is 0 Å². The molecule has 0 radical (unpaired) electrons. The summed E-state index contributed by atoms with van der Waals surface area (Å²) in [5, 5.41) is 4.73. The fourth-order valence-corrected chi connectivity index (χ4v) is 5.51. The summed E-state index contributed by atoms with van der Waals surface area (Å²) in [4.78, 5) is 0.199. The van der Waals surface area contributed by atoms with Gasteiger partial charge in [-0.2, -0.15) is 9.40 Å². The molecule has 0 bridgehead atoms. The SMILES string of the molecule is CCCN(Cc1c(-c2ccccc2)nn(C)c1Oc1ccc(OC)cc1)S(=O)(=O)c1ccc(OC)cc1. The number of methoxy groups -OCH3 is 2. The van der Waals surface area contributed by atoms with Crippen molar-refractivity contribution in [3.05, 3.63) is 84.4 Å². The molecule has 0 amide bonds.